The number of benzene rings is 5. The third-order valence-electron chi connectivity index (χ3n) is 8.17. The summed E-state index contributed by atoms with van der Waals surface area (Å²) in [6, 6.07) is 41.3. The van der Waals surface area contributed by atoms with Crippen LogP contribution in [0.1, 0.15) is 32.6 Å². The molecule has 6 heteroatoms. The zero-order valence-electron chi connectivity index (χ0n) is 22.5. The third kappa shape index (κ3) is 4.60. The van der Waals surface area contributed by atoms with E-state index >= 15 is 0 Å². The third-order valence-corrected chi connectivity index (χ3v) is 32.2. The van der Waals surface area contributed by atoms with E-state index in [2.05, 4.69) is 70.5 Å². The summed E-state index contributed by atoms with van der Waals surface area (Å²) in [7, 11) is 16.4. The first-order valence-electron chi connectivity index (χ1n) is 13.5. The van der Waals surface area contributed by atoms with Gasteiger partial charge in [0.05, 0.1) is 0 Å². The SMILES string of the molecule is Cc1cccc(C)c1C(=O)[NH][Ti]([Cl])([Cl])([c]1cccc2c1Cc1ccccc1-2)[SiH](c1ccccc1)c1ccccc1. The van der Waals surface area contributed by atoms with E-state index < -0.39 is 19.4 Å². The first-order valence-corrected chi connectivity index (χ1v) is 23.8. The summed E-state index contributed by atoms with van der Waals surface area (Å²) < 4.78 is 4.41. The summed E-state index contributed by atoms with van der Waals surface area (Å²) in [6.07, 6.45) is 0.740. The van der Waals surface area contributed by atoms with E-state index in [9.17, 15) is 4.79 Å². The molecule has 0 aromatic heterocycles. The number of amides is 1. The fourth-order valence-corrected chi connectivity index (χ4v) is 32.0. The number of hydrogen-bond acceptors (Lipinski definition) is 1. The Morgan fingerprint density at radius 2 is 1.20 bits per heavy atom. The van der Waals surface area contributed by atoms with Crippen molar-refractivity contribution in [3.8, 4) is 11.1 Å². The van der Waals surface area contributed by atoms with Crippen molar-refractivity contribution in [2.75, 3.05) is 0 Å². The monoisotopic (exact) mass is 614 g/mol. The van der Waals surface area contributed by atoms with Crippen molar-refractivity contribution in [1.82, 2.24) is 3.80 Å². The number of rotatable bonds is 6. The molecule has 1 aliphatic carbocycles. The zero-order chi connectivity index (χ0) is 27.9. The van der Waals surface area contributed by atoms with Crippen LogP contribution in [0, 0.1) is 13.8 Å². The maximum atomic E-state index is 14.4. The average Bonchev–Trinajstić information content (AvgIpc) is 3.33. The van der Waals surface area contributed by atoms with Crippen molar-refractivity contribution in [2.24, 2.45) is 0 Å². The summed E-state index contributed by atoms with van der Waals surface area (Å²) in [5.74, 6) is -0.199. The second kappa shape index (κ2) is 10.5. The molecule has 5 aromatic rings. The molecule has 0 aliphatic heterocycles. The van der Waals surface area contributed by atoms with Gasteiger partial charge in [-0.3, -0.25) is 0 Å². The Labute approximate surface area is 245 Å². The van der Waals surface area contributed by atoms with E-state index in [1.165, 1.54) is 11.1 Å². The minimum atomic E-state index is -5.25. The van der Waals surface area contributed by atoms with Gasteiger partial charge in [-0.05, 0) is 0 Å². The van der Waals surface area contributed by atoms with Crippen LogP contribution in [0.25, 0.3) is 11.1 Å². The normalized spacial score (nSPS) is 13.3. The van der Waals surface area contributed by atoms with Gasteiger partial charge in [-0.25, -0.2) is 0 Å². The molecular weight excluding hydrogens is 585 g/mol. The molecule has 0 saturated carbocycles. The summed E-state index contributed by atoms with van der Waals surface area (Å²) in [5.41, 5.74) is 7.21. The van der Waals surface area contributed by atoms with Crippen molar-refractivity contribution in [1.29, 1.82) is 0 Å². The molecule has 0 bridgehead atoms. The van der Waals surface area contributed by atoms with Crippen LogP contribution in [0.15, 0.2) is 121 Å². The molecule has 0 spiro atoms. The van der Waals surface area contributed by atoms with E-state index in [1.54, 1.807) is 0 Å². The van der Waals surface area contributed by atoms with Gasteiger partial charge in [-0.2, -0.15) is 0 Å². The van der Waals surface area contributed by atoms with Crippen molar-refractivity contribution < 1.29 is 17.5 Å². The number of hydrogen-bond donors (Lipinski definition) is 1. The van der Waals surface area contributed by atoms with Crippen molar-refractivity contribution in [3.63, 3.8) is 0 Å². The van der Waals surface area contributed by atoms with Gasteiger partial charge in [0.15, 0.2) is 0 Å². The molecule has 0 unspecified atom stereocenters. The van der Waals surface area contributed by atoms with Gasteiger partial charge in [0.1, 0.15) is 0 Å². The number of halogens is 2. The number of carbonyl (C=O) groups excluding carboxylic acids is 1. The predicted octanol–water partition coefficient (Wildman–Crippen LogP) is 6.38. The van der Waals surface area contributed by atoms with E-state index in [0.717, 1.165) is 42.9 Å². The van der Waals surface area contributed by atoms with Crippen LogP contribution in [0.3, 0.4) is 0 Å². The fraction of sp³-hybridized carbons (Fsp3) is 0.0882. The van der Waals surface area contributed by atoms with Crippen LogP contribution in [0.4, 0.5) is 0 Å². The molecular formula is C34H30Cl2NOSiTi. The Balaban J connectivity index is 1.64. The number of nitrogens with one attached hydrogen (secondary N) is 1. The molecule has 199 valence electrons. The minimum absolute atomic E-state index is 0.199. The van der Waals surface area contributed by atoms with Crippen molar-refractivity contribution in [2.45, 2.75) is 20.3 Å². The average molecular weight is 615 g/mol. The summed E-state index contributed by atoms with van der Waals surface area (Å²) >= 11 is -5.25. The van der Waals surface area contributed by atoms with Gasteiger partial charge in [-0.1, -0.05) is 0 Å². The van der Waals surface area contributed by atoms with E-state index in [0.29, 0.717) is 5.56 Å². The van der Waals surface area contributed by atoms with Crippen LogP contribution in [-0.2, 0) is 19.1 Å². The van der Waals surface area contributed by atoms with E-state index in [-0.39, 0.29) is 5.91 Å². The maximum absolute atomic E-state index is 14.4. The standard InChI is InChI=1S/C13H9.C12H11Si.C9H11NO.2ClH.Ti/c1-3-7-12-10(5-1)9-11-6-2-4-8-13(11)12;1-3-7-11(8-4-1)13-12-9-5-2-6-10-12;1-6-4-3-5-7(2)8(6)9(10)11;;;/h1-5,7-8H,9H2;1-10,13H;3-5H,1-2H3,(H2,10,11);2*1H;/q;;;;;+3/p-3. The van der Waals surface area contributed by atoms with Gasteiger partial charge in [-0.15, -0.1) is 0 Å². The molecule has 40 heavy (non-hydrogen) atoms. The molecule has 0 heterocycles. The Kier molecular flexibility index (Phi) is 7.14. The van der Waals surface area contributed by atoms with Gasteiger partial charge in [0, 0.05) is 0 Å². The molecule has 1 N–H and O–H groups in total. The molecule has 2 nitrogen and oxygen atoms in total. The second-order valence-electron chi connectivity index (χ2n) is 10.7. The molecule has 0 radical (unpaired) electrons. The summed E-state index contributed by atoms with van der Waals surface area (Å²) in [5, 5.41) is 2.23. The predicted molar refractivity (Wildman–Crippen MR) is 169 cm³/mol. The summed E-state index contributed by atoms with van der Waals surface area (Å²) in [6.45, 7) is 1.45. The van der Waals surface area contributed by atoms with Crippen molar-refractivity contribution in [3.05, 3.63) is 149 Å². The summed E-state index contributed by atoms with van der Waals surface area (Å²) in [4.78, 5) is 14.4. The van der Waals surface area contributed by atoms with Gasteiger partial charge < -0.3 is 0 Å². The van der Waals surface area contributed by atoms with Crippen LogP contribution in [0.5, 0.6) is 0 Å². The fourth-order valence-electron chi connectivity index (χ4n) is 6.39. The molecule has 1 amide bonds. The quantitative estimate of drug-likeness (QED) is 0.217. The molecule has 5 aromatic carbocycles. The van der Waals surface area contributed by atoms with Gasteiger partial charge in [0.25, 0.3) is 0 Å². The van der Waals surface area contributed by atoms with Gasteiger partial charge >= 0.3 is 247 Å². The first kappa shape index (κ1) is 27.3. The van der Waals surface area contributed by atoms with Crippen molar-refractivity contribution >= 4 is 45.4 Å². The number of carbonyl (C=O) groups is 1. The Morgan fingerprint density at radius 3 is 1.82 bits per heavy atom. The van der Waals surface area contributed by atoms with Crippen LogP contribution >= 0.6 is 18.6 Å². The molecule has 6 rings (SSSR count). The van der Waals surface area contributed by atoms with Crippen LogP contribution < -0.4 is 18.0 Å². The Morgan fingerprint density at radius 1 is 0.675 bits per heavy atom. The van der Waals surface area contributed by atoms with E-state index in [4.69, 9.17) is 18.6 Å². The molecule has 0 saturated heterocycles. The van der Waals surface area contributed by atoms with E-state index in [1.807, 2.05) is 68.4 Å². The number of fused-ring (bicyclic) bond motifs is 3. The van der Waals surface area contributed by atoms with Crippen LogP contribution in [0.2, 0.25) is 0 Å². The first-order chi connectivity index (χ1) is 19.3. The topological polar surface area (TPSA) is 29.1 Å². The van der Waals surface area contributed by atoms with Crippen LogP contribution in [-0.4, -0.2) is 12.6 Å². The molecule has 0 atom stereocenters. The Hall–Kier alpha value is -2.92. The van der Waals surface area contributed by atoms with Gasteiger partial charge in [0.2, 0.25) is 0 Å². The zero-order valence-corrected chi connectivity index (χ0v) is 26.7. The molecule has 1 aliphatic rings. The second-order valence-corrected chi connectivity index (χ2v) is 35.3. The molecule has 0 fully saturated rings. The Bertz CT molecular complexity index is 1680. The number of aryl methyl sites for hydroxylation is 2.